The van der Waals surface area contributed by atoms with Crippen LogP contribution in [0.1, 0.15) is 5.56 Å². The summed E-state index contributed by atoms with van der Waals surface area (Å²) in [5.74, 6) is -1.32. The number of amides is 1. The van der Waals surface area contributed by atoms with Gasteiger partial charge in [-0.15, -0.1) is 0 Å². The highest BCUT2D eigenvalue weighted by Crippen LogP contribution is 2.23. The molecule has 6 nitrogen and oxygen atoms in total. The monoisotopic (exact) mass is 337 g/mol. The minimum absolute atomic E-state index is 0.146. The maximum atomic E-state index is 13.2. The molecule has 0 unspecified atom stereocenters. The lowest BCUT2D eigenvalue weighted by Crippen LogP contribution is -2.22. The van der Waals surface area contributed by atoms with Gasteiger partial charge in [0.05, 0.1) is 22.2 Å². The Balaban J connectivity index is 1.99. The van der Waals surface area contributed by atoms with E-state index in [1.807, 2.05) is 6.92 Å². The van der Waals surface area contributed by atoms with Crippen LogP contribution in [-0.4, -0.2) is 17.4 Å². The molecule has 0 spiro atoms. The molecule has 0 atom stereocenters. The standard InChI is InChI=1S/C15H13ClFN3O3/c1-9-2-5-13(11(16)6-9)19-15(21)8-18-10-3-4-12(17)14(7-10)20(22)23/h2-7,18H,8H2,1H3,(H,19,21). The van der Waals surface area contributed by atoms with E-state index < -0.39 is 16.4 Å². The van der Waals surface area contributed by atoms with Crippen molar-refractivity contribution in [2.75, 3.05) is 17.2 Å². The zero-order chi connectivity index (χ0) is 17.0. The number of nitrogens with zero attached hydrogens (tertiary/aromatic N) is 1. The van der Waals surface area contributed by atoms with Crippen molar-refractivity contribution >= 4 is 34.6 Å². The third-order valence-corrected chi connectivity index (χ3v) is 3.31. The predicted molar refractivity (Wildman–Crippen MR) is 86.4 cm³/mol. The minimum Gasteiger partial charge on any atom is -0.376 e. The first-order valence-corrected chi connectivity index (χ1v) is 6.98. The van der Waals surface area contributed by atoms with Crippen molar-refractivity contribution in [1.29, 1.82) is 0 Å². The number of hydrogen-bond acceptors (Lipinski definition) is 4. The molecule has 0 heterocycles. The fourth-order valence-electron chi connectivity index (χ4n) is 1.86. The zero-order valence-electron chi connectivity index (χ0n) is 12.1. The zero-order valence-corrected chi connectivity index (χ0v) is 12.9. The molecular formula is C15H13ClFN3O3. The van der Waals surface area contributed by atoms with E-state index in [0.717, 1.165) is 17.7 Å². The van der Waals surface area contributed by atoms with Gasteiger partial charge in [-0.05, 0) is 36.8 Å². The molecule has 8 heteroatoms. The molecule has 2 aromatic rings. The number of rotatable bonds is 5. The highest BCUT2D eigenvalue weighted by atomic mass is 35.5. The Morgan fingerprint density at radius 3 is 2.70 bits per heavy atom. The molecule has 2 aromatic carbocycles. The number of nitrogens with one attached hydrogen (secondary N) is 2. The summed E-state index contributed by atoms with van der Waals surface area (Å²) in [6.07, 6.45) is 0. The van der Waals surface area contributed by atoms with Crippen molar-refractivity contribution in [3.05, 3.63) is 62.9 Å². The van der Waals surface area contributed by atoms with E-state index in [9.17, 15) is 19.3 Å². The molecule has 0 aliphatic carbocycles. The number of anilines is 2. The van der Waals surface area contributed by atoms with Gasteiger partial charge in [0.1, 0.15) is 0 Å². The highest BCUT2D eigenvalue weighted by molar-refractivity contribution is 6.33. The summed E-state index contributed by atoms with van der Waals surface area (Å²) in [7, 11) is 0. The van der Waals surface area contributed by atoms with Crippen LogP contribution in [0.3, 0.4) is 0 Å². The molecular weight excluding hydrogens is 325 g/mol. The SMILES string of the molecule is Cc1ccc(NC(=O)CNc2ccc(F)c([N+](=O)[O-])c2)c(Cl)c1. The molecule has 0 aliphatic rings. The van der Waals surface area contributed by atoms with Crippen LogP contribution in [0.4, 0.5) is 21.5 Å². The average molecular weight is 338 g/mol. The number of benzene rings is 2. The van der Waals surface area contributed by atoms with Gasteiger partial charge in [0.2, 0.25) is 11.7 Å². The number of carbonyl (C=O) groups is 1. The number of nitro groups is 1. The molecule has 0 radical (unpaired) electrons. The van der Waals surface area contributed by atoms with Crippen molar-refractivity contribution in [3.8, 4) is 0 Å². The Morgan fingerprint density at radius 1 is 1.30 bits per heavy atom. The van der Waals surface area contributed by atoms with Gasteiger partial charge in [0, 0.05) is 11.8 Å². The summed E-state index contributed by atoms with van der Waals surface area (Å²) < 4.78 is 13.2. The van der Waals surface area contributed by atoms with Gasteiger partial charge in [-0.2, -0.15) is 4.39 Å². The first-order chi connectivity index (χ1) is 10.9. The van der Waals surface area contributed by atoms with Crippen LogP contribution in [0.2, 0.25) is 5.02 Å². The van der Waals surface area contributed by atoms with Gasteiger partial charge in [-0.3, -0.25) is 14.9 Å². The van der Waals surface area contributed by atoms with E-state index in [1.54, 1.807) is 18.2 Å². The fraction of sp³-hybridized carbons (Fsp3) is 0.133. The molecule has 0 aliphatic heterocycles. The maximum Gasteiger partial charge on any atom is 0.306 e. The van der Waals surface area contributed by atoms with Gasteiger partial charge in [-0.1, -0.05) is 17.7 Å². The van der Waals surface area contributed by atoms with Crippen molar-refractivity contribution in [1.82, 2.24) is 0 Å². The second kappa shape index (κ2) is 7.06. The maximum absolute atomic E-state index is 13.2. The molecule has 2 N–H and O–H groups in total. The fourth-order valence-corrected chi connectivity index (χ4v) is 2.14. The average Bonchev–Trinajstić information content (AvgIpc) is 2.49. The normalized spacial score (nSPS) is 10.2. The van der Waals surface area contributed by atoms with Crippen LogP contribution < -0.4 is 10.6 Å². The molecule has 0 bridgehead atoms. The van der Waals surface area contributed by atoms with E-state index in [0.29, 0.717) is 10.7 Å². The van der Waals surface area contributed by atoms with Gasteiger partial charge in [0.25, 0.3) is 0 Å². The van der Waals surface area contributed by atoms with Crippen molar-refractivity contribution < 1.29 is 14.1 Å². The van der Waals surface area contributed by atoms with Crippen LogP contribution >= 0.6 is 11.6 Å². The lowest BCUT2D eigenvalue weighted by Gasteiger charge is -2.09. The minimum atomic E-state index is -0.934. The number of nitro benzene ring substituents is 1. The van der Waals surface area contributed by atoms with Crippen LogP contribution in [0.15, 0.2) is 36.4 Å². The largest absolute Gasteiger partial charge is 0.376 e. The first-order valence-electron chi connectivity index (χ1n) is 6.60. The second-order valence-electron chi connectivity index (χ2n) is 4.81. The molecule has 0 aromatic heterocycles. The van der Waals surface area contributed by atoms with Gasteiger partial charge < -0.3 is 10.6 Å². The van der Waals surface area contributed by atoms with Crippen LogP contribution in [-0.2, 0) is 4.79 Å². The van der Waals surface area contributed by atoms with E-state index in [2.05, 4.69) is 10.6 Å². The molecule has 120 valence electrons. The third-order valence-electron chi connectivity index (χ3n) is 2.99. The van der Waals surface area contributed by atoms with E-state index in [-0.39, 0.29) is 18.1 Å². The summed E-state index contributed by atoms with van der Waals surface area (Å²) in [4.78, 5) is 21.7. The van der Waals surface area contributed by atoms with Crippen molar-refractivity contribution in [2.45, 2.75) is 6.92 Å². The second-order valence-corrected chi connectivity index (χ2v) is 5.22. The van der Waals surface area contributed by atoms with E-state index >= 15 is 0 Å². The Labute approximate surface area is 136 Å². The Kier molecular flexibility index (Phi) is 5.13. The molecule has 0 saturated carbocycles. The van der Waals surface area contributed by atoms with Gasteiger partial charge in [-0.25, -0.2) is 0 Å². The third kappa shape index (κ3) is 4.40. The Hall–Kier alpha value is -2.67. The van der Waals surface area contributed by atoms with Gasteiger partial charge in [0.15, 0.2) is 0 Å². The molecule has 23 heavy (non-hydrogen) atoms. The van der Waals surface area contributed by atoms with Crippen molar-refractivity contribution in [3.63, 3.8) is 0 Å². The lowest BCUT2D eigenvalue weighted by molar-refractivity contribution is -0.387. The number of aryl methyl sites for hydroxylation is 1. The summed E-state index contributed by atoms with van der Waals surface area (Å²) in [5, 5.41) is 16.4. The summed E-state index contributed by atoms with van der Waals surface area (Å²) in [6, 6.07) is 8.51. The van der Waals surface area contributed by atoms with Gasteiger partial charge >= 0.3 is 5.69 Å². The lowest BCUT2D eigenvalue weighted by atomic mass is 10.2. The smallest absolute Gasteiger partial charge is 0.306 e. The summed E-state index contributed by atoms with van der Waals surface area (Å²) in [5.41, 5.74) is 1.04. The van der Waals surface area contributed by atoms with Crippen LogP contribution in [0.25, 0.3) is 0 Å². The topological polar surface area (TPSA) is 84.3 Å². The first kappa shape index (κ1) is 16.7. The van der Waals surface area contributed by atoms with E-state index in [1.165, 1.54) is 6.07 Å². The molecule has 0 saturated heterocycles. The Bertz CT molecular complexity index is 768. The molecule has 1 amide bonds. The summed E-state index contributed by atoms with van der Waals surface area (Å²) >= 11 is 6.01. The molecule has 2 rings (SSSR count). The quantitative estimate of drug-likeness (QED) is 0.643. The number of halogens is 2. The van der Waals surface area contributed by atoms with E-state index in [4.69, 9.17) is 11.6 Å². The van der Waals surface area contributed by atoms with Crippen molar-refractivity contribution in [2.24, 2.45) is 0 Å². The number of hydrogen-bond donors (Lipinski definition) is 2. The summed E-state index contributed by atoms with van der Waals surface area (Å²) in [6.45, 7) is 1.73. The van der Waals surface area contributed by atoms with Crippen LogP contribution in [0.5, 0.6) is 0 Å². The highest BCUT2D eigenvalue weighted by Gasteiger charge is 2.14. The predicted octanol–water partition coefficient (Wildman–Crippen LogP) is 3.75. The van der Waals surface area contributed by atoms with Crippen LogP contribution in [0, 0.1) is 22.9 Å². The number of carbonyl (C=O) groups excluding carboxylic acids is 1. The Morgan fingerprint density at radius 2 is 2.04 bits per heavy atom. The molecule has 0 fully saturated rings.